The van der Waals surface area contributed by atoms with E-state index in [4.69, 9.17) is 9.47 Å². The SMILES string of the molecule is CN=C(NCc1cccc(OC)c1OC1CCCC1)NCC(C1CC1)N(C)C.I. The molecule has 0 aliphatic heterocycles. The molecule has 2 N–H and O–H groups in total. The Morgan fingerprint density at radius 1 is 1.17 bits per heavy atom. The predicted octanol–water partition coefficient (Wildman–Crippen LogP) is 3.64. The Labute approximate surface area is 192 Å². The first-order valence-electron chi connectivity index (χ1n) is 10.6. The molecule has 1 aromatic rings. The van der Waals surface area contributed by atoms with Gasteiger partial charge in [-0.3, -0.25) is 4.99 Å². The zero-order valence-corrected chi connectivity index (χ0v) is 20.6. The van der Waals surface area contributed by atoms with Crippen molar-refractivity contribution < 1.29 is 9.47 Å². The van der Waals surface area contributed by atoms with Crippen LogP contribution in [0.5, 0.6) is 11.5 Å². The van der Waals surface area contributed by atoms with Crippen molar-refractivity contribution in [2.45, 2.75) is 57.2 Å². The van der Waals surface area contributed by atoms with Crippen LogP contribution in [0.15, 0.2) is 23.2 Å². The molecule has 0 amide bonds. The Morgan fingerprint density at radius 3 is 2.48 bits per heavy atom. The molecule has 164 valence electrons. The molecule has 0 spiro atoms. The second kappa shape index (κ2) is 11.8. The number of aliphatic imine (C=N–C) groups is 1. The Balaban J connectivity index is 0.00000300. The van der Waals surface area contributed by atoms with Gasteiger partial charge in [0.2, 0.25) is 0 Å². The highest BCUT2D eigenvalue weighted by atomic mass is 127. The first kappa shape index (κ1) is 24.1. The highest BCUT2D eigenvalue weighted by Gasteiger charge is 2.32. The number of guanidine groups is 1. The van der Waals surface area contributed by atoms with Crippen molar-refractivity contribution in [2.75, 3.05) is 34.8 Å². The number of rotatable bonds is 9. The summed E-state index contributed by atoms with van der Waals surface area (Å²) < 4.78 is 11.9. The third-order valence-corrected chi connectivity index (χ3v) is 5.85. The molecule has 0 bridgehead atoms. The molecular weight excluding hydrogens is 479 g/mol. The number of likely N-dealkylation sites (N-methyl/N-ethyl adjacent to an activating group) is 1. The van der Waals surface area contributed by atoms with E-state index in [0.717, 1.165) is 48.3 Å². The molecule has 1 aromatic carbocycles. The van der Waals surface area contributed by atoms with Crippen molar-refractivity contribution in [3.05, 3.63) is 23.8 Å². The van der Waals surface area contributed by atoms with E-state index >= 15 is 0 Å². The zero-order chi connectivity index (χ0) is 19.9. The largest absolute Gasteiger partial charge is 0.493 e. The number of halogens is 1. The third kappa shape index (κ3) is 6.91. The fourth-order valence-corrected chi connectivity index (χ4v) is 4.02. The molecule has 2 aliphatic carbocycles. The van der Waals surface area contributed by atoms with Gasteiger partial charge in [0, 0.05) is 31.7 Å². The van der Waals surface area contributed by atoms with Crippen LogP contribution in [0.3, 0.4) is 0 Å². The van der Waals surface area contributed by atoms with Crippen LogP contribution < -0.4 is 20.1 Å². The number of para-hydroxylation sites is 1. The fourth-order valence-electron chi connectivity index (χ4n) is 4.02. The van der Waals surface area contributed by atoms with Crippen LogP contribution in [0.1, 0.15) is 44.1 Å². The van der Waals surface area contributed by atoms with E-state index in [1.54, 1.807) is 7.11 Å². The van der Waals surface area contributed by atoms with Crippen LogP contribution >= 0.6 is 24.0 Å². The van der Waals surface area contributed by atoms with E-state index in [1.165, 1.54) is 25.7 Å². The number of benzene rings is 1. The summed E-state index contributed by atoms with van der Waals surface area (Å²) in [5.74, 6) is 3.30. The molecule has 6 nitrogen and oxygen atoms in total. The van der Waals surface area contributed by atoms with Gasteiger partial charge in [-0.05, 0) is 64.6 Å². The van der Waals surface area contributed by atoms with E-state index in [2.05, 4.69) is 40.7 Å². The van der Waals surface area contributed by atoms with E-state index in [9.17, 15) is 0 Å². The molecule has 7 heteroatoms. The molecule has 1 atom stereocenters. The zero-order valence-electron chi connectivity index (χ0n) is 18.2. The van der Waals surface area contributed by atoms with Crippen LogP contribution in [0.4, 0.5) is 0 Å². The summed E-state index contributed by atoms with van der Waals surface area (Å²) >= 11 is 0. The first-order valence-corrected chi connectivity index (χ1v) is 10.6. The van der Waals surface area contributed by atoms with Crippen molar-refractivity contribution in [3.8, 4) is 11.5 Å². The number of methoxy groups -OCH3 is 1. The summed E-state index contributed by atoms with van der Waals surface area (Å²) in [7, 11) is 7.83. The molecule has 0 saturated heterocycles. The number of ether oxygens (including phenoxy) is 2. The maximum atomic E-state index is 6.33. The van der Waals surface area contributed by atoms with E-state index < -0.39 is 0 Å². The van der Waals surface area contributed by atoms with Gasteiger partial charge in [-0.15, -0.1) is 24.0 Å². The summed E-state index contributed by atoms with van der Waals surface area (Å²) in [6.07, 6.45) is 7.72. The summed E-state index contributed by atoms with van der Waals surface area (Å²) in [5, 5.41) is 6.93. The summed E-state index contributed by atoms with van der Waals surface area (Å²) in [5.41, 5.74) is 1.10. The number of nitrogens with zero attached hydrogens (tertiary/aromatic N) is 2. The van der Waals surface area contributed by atoms with Crippen molar-refractivity contribution >= 4 is 29.9 Å². The first-order chi connectivity index (χ1) is 13.6. The average Bonchev–Trinajstić information content (AvgIpc) is 3.40. The molecule has 2 aliphatic rings. The number of hydrogen-bond donors (Lipinski definition) is 2. The van der Waals surface area contributed by atoms with E-state index in [0.29, 0.717) is 18.7 Å². The van der Waals surface area contributed by atoms with Crippen molar-refractivity contribution in [3.63, 3.8) is 0 Å². The van der Waals surface area contributed by atoms with Crippen LogP contribution in [0.25, 0.3) is 0 Å². The second-order valence-electron chi connectivity index (χ2n) is 8.15. The normalized spacial score (nSPS) is 18.3. The van der Waals surface area contributed by atoms with Crippen LogP contribution in [-0.4, -0.2) is 57.8 Å². The lowest BCUT2D eigenvalue weighted by molar-refractivity contribution is 0.198. The molecule has 3 rings (SSSR count). The van der Waals surface area contributed by atoms with Crippen molar-refractivity contribution in [1.82, 2.24) is 15.5 Å². The molecule has 29 heavy (non-hydrogen) atoms. The highest BCUT2D eigenvalue weighted by Crippen LogP contribution is 2.35. The topological polar surface area (TPSA) is 58.1 Å². The number of nitrogens with one attached hydrogen (secondary N) is 2. The Bertz CT molecular complexity index is 656. The Kier molecular flexibility index (Phi) is 9.82. The van der Waals surface area contributed by atoms with Crippen molar-refractivity contribution in [2.24, 2.45) is 10.9 Å². The lowest BCUT2D eigenvalue weighted by Gasteiger charge is -2.25. The Hall–Kier alpha value is -1.22. The third-order valence-electron chi connectivity index (χ3n) is 5.85. The standard InChI is InChI=1S/C22H36N4O2.HI/c1-23-22(25-15-19(26(2)3)16-12-13-16)24-14-17-8-7-11-20(27-4)21(17)28-18-9-5-6-10-18;/h7-8,11,16,18-19H,5-6,9-10,12-15H2,1-4H3,(H2,23,24,25);1H. The maximum absolute atomic E-state index is 6.33. The molecule has 0 radical (unpaired) electrons. The minimum absolute atomic E-state index is 0. The minimum atomic E-state index is 0. The van der Waals surface area contributed by atoms with Crippen LogP contribution in [0.2, 0.25) is 0 Å². The van der Waals surface area contributed by atoms with Crippen molar-refractivity contribution in [1.29, 1.82) is 0 Å². The lowest BCUT2D eigenvalue weighted by atomic mass is 10.1. The van der Waals surface area contributed by atoms with Gasteiger partial charge in [-0.1, -0.05) is 12.1 Å². The van der Waals surface area contributed by atoms with Crippen LogP contribution in [0, 0.1) is 5.92 Å². The van der Waals surface area contributed by atoms with Gasteiger partial charge in [0.25, 0.3) is 0 Å². The number of hydrogen-bond acceptors (Lipinski definition) is 4. The molecular formula is C22H37IN4O2. The highest BCUT2D eigenvalue weighted by molar-refractivity contribution is 14.0. The maximum Gasteiger partial charge on any atom is 0.191 e. The molecule has 1 unspecified atom stereocenters. The monoisotopic (exact) mass is 516 g/mol. The summed E-state index contributed by atoms with van der Waals surface area (Å²) in [4.78, 5) is 6.71. The molecule has 2 saturated carbocycles. The minimum Gasteiger partial charge on any atom is -0.493 e. The van der Waals surface area contributed by atoms with Gasteiger partial charge in [0.05, 0.1) is 13.2 Å². The van der Waals surface area contributed by atoms with E-state index in [-0.39, 0.29) is 24.0 Å². The van der Waals surface area contributed by atoms with Gasteiger partial charge in [0.15, 0.2) is 17.5 Å². The second-order valence-corrected chi connectivity index (χ2v) is 8.15. The van der Waals surface area contributed by atoms with Gasteiger partial charge < -0.3 is 25.0 Å². The Morgan fingerprint density at radius 2 is 1.90 bits per heavy atom. The fraction of sp³-hybridized carbons (Fsp3) is 0.682. The van der Waals surface area contributed by atoms with E-state index in [1.807, 2.05) is 19.2 Å². The summed E-state index contributed by atoms with van der Waals surface area (Å²) in [6.45, 7) is 1.55. The van der Waals surface area contributed by atoms with Gasteiger partial charge >= 0.3 is 0 Å². The van der Waals surface area contributed by atoms with Crippen LogP contribution in [-0.2, 0) is 6.54 Å². The average molecular weight is 516 g/mol. The molecule has 2 fully saturated rings. The van der Waals surface area contributed by atoms with Gasteiger partial charge in [-0.2, -0.15) is 0 Å². The lowest BCUT2D eigenvalue weighted by Crippen LogP contribution is -2.45. The molecule has 0 heterocycles. The molecule has 0 aromatic heterocycles. The smallest absolute Gasteiger partial charge is 0.191 e. The quantitative estimate of drug-likeness (QED) is 0.298. The predicted molar refractivity (Wildman–Crippen MR) is 130 cm³/mol. The van der Waals surface area contributed by atoms with Gasteiger partial charge in [0.1, 0.15) is 0 Å². The van der Waals surface area contributed by atoms with Gasteiger partial charge in [-0.25, -0.2) is 0 Å². The summed E-state index contributed by atoms with van der Waals surface area (Å²) in [6, 6.07) is 6.64.